The SMILES string of the molecule is Cc1ccnc(N(CC2CCNCC2)C2CC2)c1Br. The number of anilines is 1. The minimum Gasteiger partial charge on any atom is -0.352 e. The maximum atomic E-state index is 4.63. The van der Waals surface area contributed by atoms with E-state index in [4.69, 9.17) is 0 Å². The number of piperidine rings is 1. The summed E-state index contributed by atoms with van der Waals surface area (Å²) in [5, 5.41) is 3.45. The molecule has 0 atom stereocenters. The van der Waals surface area contributed by atoms with Crippen LogP contribution >= 0.6 is 15.9 Å². The van der Waals surface area contributed by atoms with Crippen LogP contribution in [0, 0.1) is 12.8 Å². The van der Waals surface area contributed by atoms with Gasteiger partial charge in [0.05, 0.1) is 4.47 Å². The van der Waals surface area contributed by atoms with Crippen LogP contribution in [-0.4, -0.2) is 30.7 Å². The maximum Gasteiger partial charge on any atom is 0.143 e. The maximum absolute atomic E-state index is 4.63. The Morgan fingerprint density at radius 2 is 2.05 bits per heavy atom. The molecule has 0 unspecified atom stereocenters. The summed E-state index contributed by atoms with van der Waals surface area (Å²) in [7, 11) is 0. The molecule has 3 rings (SSSR count). The molecule has 0 aromatic carbocycles. The van der Waals surface area contributed by atoms with E-state index in [1.54, 1.807) is 0 Å². The van der Waals surface area contributed by atoms with Crippen LogP contribution < -0.4 is 10.2 Å². The van der Waals surface area contributed by atoms with E-state index in [0.29, 0.717) is 0 Å². The molecule has 0 spiro atoms. The van der Waals surface area contributed by atoms with Gasteiger partial charge in [0.1, 0.15) is 5.82 Å². The second-order valence-electron chi connectivity index (χ2n) is 5.84. The molecule has 1 aromatic heterocycles. The molecule has 2 fully saturated rings. The topological polar surface area (TPSA) is 28.2 Å². The summed E-state index contributed by atoms with van der Waals surface area (Å²) < 4.78 is 1.18. The van der Waals surface area contributed by atoms with Crippen molar-refractivity contribution < 1.29 is 0 Å². The molecule has 1 aromatic rings. The zero-order valence-electron chi connectivity index (χ0n) is 11.5. The predicted octanol–water partition coefficient (Wildman–Crippen LogP) is 3.12. The highest BCUT2D eigenvalue weighted by atomic mass is 79.9. The number of aryl methyl sites for hydroxylation is 1. The molecule has 2 aliphatic rings. The molecule has 1 saturated carbocycles. The molecule has 3 nitrogen and oxygen atoms in total. The number of aromatic nitrogens is 1. The van der Waals surface area contributed by atoms with Gasteiger partial charge in [-0.1, -0.05) is 0 Å². The van der Waals surface area contributed by atoms with E-state index in [0.717, 1.165) is 17.8 Å². The lowest BCUT2D eigenvalue weighted by Gasteiger charge is -2.31. The number of nitrogens with zero attached hydrogens (tertiary/aromatic N) is 2. The van der Waals surface area contributed by atoms with Crippen LogP contribution in [0.5, 0.6) is 0 Å². The van der Waals surface area contributed by atoms with Gasteiger partial charge >= 0.3 is 0 Å². The summed E-state index contributed by atoms with van der Waals surface area (Å²) in [6.45, 7) is 5.66. The molecule has 1 saturated heterocycles. The van der Waals surface area contributed by atoms with Gasteiger partial charge < -0.3 is 10.2 Å². The van der Waals surface area contributed by atoms with Crippen LogP contribution in [0.15, 0.2) is 16.7 Å². The third kappa shape index (κ3) is 3.11. The molecule has 1 N–H and O–H groups in total. The standard InChI is InChI=1S/C15H22BrN3/c1-11-4-9-18-15(14(11)16)19(13-2-3-13)10-12-5-7-17-8-6-12/h4,9,12-13,17H,2-3,5-8,10H2,1H3. The molecular formula is C15H22BrN3. The van der Waals surface area contributed by atoms with Gasteiger partial charge in [0.15, 0.2) is 0 Å². The first-order valence-electron chi connectivity index (χ1n) is 7.34. The van der Waals surface area contributed by atoms with Crippen molar-refractivity contribution in [1.29, 1.82) is 0 Å². The second-order valence-corrected chi connectivity index (χ2v) is 6.64. The Labute approximate surface area is 123 Å². The first-order chi connectivity index (χ1) is 9.25. The summed E-state index contributed by atoms with van der Waals surface area (Å²) >= 11 is 3.73. The highest BCUT2D eigenvalue weighted by molar-refractivity contribution is 9.10. The van der Waals surface area contributed by atoms with E-state index in [9.17, 15) is 0 Å². The molecule has 104 valence electrons. The van der Waals surface area contributed by atoms with Gasteiger partial charge in [0.25, 0.3) is 0 Å². The summed E-state index contributed by atoms with van der Waals surface area (Å²) in [4.78, 5) is 7.18. The highest BCUT2D eigenvalue weighted by Gasteiger charge is 2.33. The van der Waals surface area contributed by atoms with Gasteiger partial charge in [-0.05, 0) is 79.2 Å². The molecular weight excluding hydrogens is 302 g/mol. The Bertz CT molecular complexity index is 439. The average Bonchev–Trinajstić information content (AvgIpc) is 3.25. The van der Waals surface area contributed by atoms with Crippen molar-refractivity contribution in [1.82, 2.24) is 10.3 Å². The van der Waals surface area contributed by atoms with Gasteiger partial charge in [0.2, 0.25) is 0 Å². The van der Waals surface area contributed by atoms with E-state index in [1.165, 1.54) is 55.4 Å². The van der Waals surface area contributed by atoms with E-state index in [-0.39, 0.29) is 0 Å². The van der Waals surface area contributed by atoms with Crippen LogP contribution in [-0.2, 0) is 0 Å². The van der Waals surface area contributed by atoms with Crippen LogP contribution in [0.2, 0.25) is 0 Å². The fourth-order valence-electron chi connectivity index (χ4n) is 2.86. The third-order valence-corrected chi connectivity index (χ3v) is 5.22. The van der Waals surface area contributed by atoms with E-state index >= 15 is 0 Å². The Morgan fingerprint density at radius 3 is 2.74 bits per heavy atom. The van der Waals surface area contributed by atoms with Crippen molar-refractivity contribution in [2.24, 2.45) is 5.92 Å². The number of hydrogen-bond acceptors (Lipinski definition) is 3. The molecule has 1 aliphatic carbocycles. The summed E-state index contributed by atoms with van der Waals surface area (Å²) in [6, 6.07) is 2.80. The zero-order chi connectivity index (χ0) is 13.2. The Morgan fingerprint density at radius 1 is 1.32 bits per heavy atom. The Balaban J connectivity index is 1.78. The smallest absolute Gasteiger partial charge is 0.143 e. The Hall–Kier alpha value is -0.610. The average molecular weight is 324 g/mol. The lowest BCUT2D eigenvalue weighted by molar-refractivity contribution is 0.372. The van der Waals surface area contributed by atoms with Crippen LogP contribution in [0.4, 0.5) is 5.82 Å². The largest absolute Gasteiger partial charge is 0.352 e. The number of hydrogen-bond donors (Lipinski definition) is 1. The van der Waals surface area contributed by atoms with Crippen molar-refractivity contribution >= 4 is 21.7 Å². The minimum atomic E-state index is 0.723. The first-order valence-corrected chi connectivity index (χ1v) is 8.13. The normalized spacial score (nSPS) is 20.5. The predicted molar refractivity (Wildman–Crippen MR) is 82.6 cm³/mol. The molecule has 1 aliphatic heterocycles. The van der Waals surface area contributed by atoms with Crippen molar-refractivity contribution in [2.45, 2.75) is 38.6 Å². The Kier molecular flexibility index (Phi) is 4.08. The quantitative estimate of drug-likeness (QED) is 0.922. The minimum absolute atomic E-state index is 0.723. The van der Waals surface area contributed by atoms with Gasteiger partial charge in [-0.15, -0.1) is 0 Å². The molecule has 0 radical (unpaired) electrons. The van der Waals surface area contributed by atoms with E-state index in [2.05, 4.69) is 44.1 Å². The number of nitrogens with one attached hydrogen (secondary N) is 1. The fraction of sp³-hybridized carbons (Fsp3) is 0.667. The van der Waals surface area contributed by atoms with Crippen LogP contribution in [0.3, 0.4) is 0 Å². The van der Waals surface area contributed by atoms with Gasteiger partial charge in [0, 0.05) is 18.8 Å². The molecule has 0 bridgehead atoms. The van der Waals surface area contributed by atoms with E-state index < -0.39 is 0 Å². The number of rotatable bonds is 4. The van der Waals surface area contributed by atoms with Crippen molar-refractivity contribution in [2.75, 3.05) is 24.5 Å². The first kappa shape index (κ1) is 13.4. The lowest BCUT2D eigenvalue weighted by atomic mass is 9.97. The van der Waals surface area contributed by atoms with Crippen LogP contribution in [0.1, 0.15) is 31.2 Å². The monoisotopic (exact) mass is 323 g/mol. The number of halogens is 1. The fourth-order valence-corrected chi connectivity index (χ4v) is 3.33. The molecule has 19 heavy (non-hydrogen) atoms. The van der Waals surface area contributed by atoms with Crippen molar-refractivity contribution in [3.8, 4) is 0 Å². The van der Waals surface area contributed by atoms with Crippen molar-refractivity contribution in [3.63, 3.8) is 0 Å². The summed E-state index contributed by atoms with van der Waals surface area (Å²) in [5.74, 6) is 1.97. The molecule has 2 heterocycles. The van der Waals surface area contributed by atoms with Gasteiger partial charge in [-0.3, -0.25) is 0 Å². The zero-order valence-corrected chi connectivity index (χ0v) is 13.1. The number of pyridine rings is 1. The molecule has 4 heteroatoms. The van der Waals surface area contributed by atoms with E-state index in [1.807, 2.05) is 6.20 Å². The van der Waals surface area contributed by atoms with Crippen LogP contribution in [0.25, 0.3) is 0 Å². The highest BCUT2D eigenvalue weighted by Crippen LogP contribution is 2.36. The molecule has 0 amide bonds. The van der Waals surface area contributed by atoms with Gasteiger partial charge in [-0.25, -0.2) is 4.98 Å². The summed E-state index contributed by atoms with van der Waals surface area (Å²) in [5.41, 5.74) is 1.28. The lowest BCUT2D eigenvalue weighted by Crippen LogP contribution is -2.38. The van der Waals surface area contributed by atoms with Crippen molar-refractivity contribution in [3.05, 3.63) is 22.3 Å². The van der Waals surface area contributed by atoms with Gasteiger partial charge in [-0.2, -0.15) is 0 Å². The second kappa shape index (κ2) is 5.80. The third-order valence-electron chi connectivity index (χ3n) is 4.24. The summed E-state index contributed by atoms with van der Waals surface area (Å²) in [6.07, 6.45) is 7.19.